The van der Waals surface area contributed by atoms with E-state index in [0.717, 1.165) is 12.1 Å². The van der Waals surface area contributed by atoms with Crippen LogP contribution < -0.4 is 10.5 Å². The van der Waals surface area contributed by atoms with Gasteiger partial charge in [0.2, 0.25) is 13.1 Å². The van der Waals surface area contributed by atoms with Gasteiger partial charge < -0.3 is 30.7 Å². The zero-order valence-corrected chi connectivity index (χ0v) is 15.4. The number of benzene rings is 1. The Morgan fingerprint density at radius 3 is 2.50 bits per heavy atom. The lowest BCUT2D eigenvalue weighted by molar-refractivity contribution is -0.386. The number of rotatable bonds is 9. The number of phenolic OH excluding ortho intramolecular Hbond substituents is 1. The van der Waals surface area contributed by atoms with E-state index in [9.17, 15) is 34.6 Å². The number of nitro benzene ring substituents is 1. The van der Waals surface area contributed by atoms with Gasteiger partial charge in [-0.25, -0.2) is 0 Å². The molecule has 1 aromatic carbocycles. The van der Waals surface area contributed by atoms with Crippen molar-refractivity contribution in [3.8, 4) is 11.5 Å². The van der Waals surface area contributed by atoms with Gasteiger partial charge in [0.1, 0.15) is 6.04 Å². The largest absolute Gasteiger partial charge is 0.500 e. The number of hydrogen-bond donors (Lipinski definition) is 5. The third-order valence-corrected chi connectivity index (χ3v) is 5.29. The van der Waals surface area contributed by atoms with Crippen LogP contribution in [0.5, 0.6) is 11.5 Å². The zero-order valence-electron chi connectivity index (χ0n) is 13.6. The molecule has 26 heavy (non-hydrogen) atoms. The highest BCUT2D eigenvalue weighted by atomic mass is 35.5. The van der Waals surface area contributed by atoms with E-state index >= 15 is 0 Å². The monoisotopic (exact) mass is 414 g/mol. The smallest absolute Gasteiger partial charge is 0.320 e. The number of aliphatic carboxylic acids is 1. The predicted molar refractivity (Wildman–Crippen MR) is 93.1 cm³/mol. The van der Waals surface area contributed by atoms with Crippen molar-refractivity contribution in [2.24, 2.45) is 5.73 Å². The van der Waals surface area contributed by atoms with Crippen molar-refractivity contribution in [2.75, 3.05) is 12.8 Å². The Hall–Kier alpha value is -1.91. The van der Waals surface area contributed by atoms with Crippen molar-refractivity contribution in [3.63, 3.8) is 0 Å². The Bertz CT molecular complexity index is 715. The molecule has 1 rings (SSSR count). The van der Waals surface area contributed by atoms with Crippen LogP contribution in [-0.4, -0.2) is 49.9 Å². The number of nitro groups is 1. The van der Waals surface area contributed by atoms with Crippen LogP contribution in [0.2, 0.25) is 0 Å². The fourth-order valence-electron chi connectivity index (χ4n) is 1.97. The molecule has 2 unspecified atom stereocenters. The van der Waals surface area contributed by atoms with Gasteiger partial charge in [0.15, 0.2) is 11.6 Å². The van der Waals surface area contributed by atoms with Crippen molar-refractivity contribution in [1.82, 2.24) is 0 Å². The van der Waals surface area contributed by atoms with Crippen LogP contribution in [0.4, 0.5) is 5.69 Å². The molecule has 0 bridgehead atoms. The number of aliphatic hydroxyl groups excluding tert-OH is 1. The SMILES string of the molecule is CCOc1cc(C(O)P(=O)(O)CC[C@H](N)C(=O)O)cc([N+](=O)[O-])c1O.Cl. The molecule has 13 heteroatoms. The summed E-state index contributed by atoms with van der Waals surface area (Å²) in [7, 11) is -4.35. The maximum Gasteiger partial charge on any atom is 0.320 e. The summed E-state index contributed by atoms with van der Waals surface area (Å²) in [5.74, 6) is -4.50. The molecule has 0 saturated heterocycles. The summed E-state index contributed by atoms with van der Waals surface area (Å²) in [5.41, 5.74) is 4.13. The van der Waals surface area contributed by atoms with E-state index in [4.69, 9.17) is 15.6 Å². The second kappa shape index (κ2) is 9.70. The molecular formula is C13H20ClN2O9P. The van der Waals surface area contributed by atoms with Crippen molar-refractivity contribution < 1.29 is 39.2 Å². The number of carbonyl (C=O) groups is 1. The minimum Gasteiger partial charge on any atom is -0.500 e. The molecule has 1 aromatic rings. The summed E-state index contributed by atoms with van der Waals surface area (Å²) >= 11 is 0. The summed E-state index contributed by atoms with van der Waals surface area (Å²) in [6, 6.07) is 0.375. The lowest BCUT2D eigenvalue weighted by Crippen LogP contribution is -2.31. The van der Waals surface area contributed by atoms with E-state index in [2.05, 4.69) is 0 Å². The van der Waals surface area contributed by atoms with Gasteiger partial charge in [-0.05, 0) is 19.4 Å². The Labute approximate surface area is 154 Å². The summed E-state index contributed by atoms with van der Waals surface area (Å²) in [4.78, 5) is 30.7. The van der Waals surface area contributed by atoms with Crippen LogP contribution in [0.25, 0.3) is 0 Å². The Morgan fingerprint density at radius 1 is 1.46 bits per heavy atom. The molecule has 6 N–H and O–H groups in total. The standard InChI is InChI=1S/C13H19N2O9P.ClH/c1-2-24-10-6-7(5-9(11(10)16)15(20)21)13(19)25(22,23)4-3-8(14)12(17)18;/h5-6,8,13,16,19H,2-4,14H2,1H3,(H,17,18)(H,22,23);1H/t8-,13?;/m0./s1. The first kappa shape index (κ1) is 24.1. The molecule has 0 aliphatic carbocycles. The fraction of sp³-hybridized carbons (Fsp3) is 0.462. The van der Waals surface area contributed by atoms with Crippen LogP contribution in [0, 0.1) is 10.1 Å². The number of aliphatic hydroxyl groups is 1. The average molecular weight is 415 g/mol. The number of ether oxygens (including phenoxy) is 1. The van der Waals surface area contributed by atoms with E-state index in [1.807, 2.05) is 0 Å². The molecule has 0 spiro atoms. The van der Waals surface area contributed by atoms with Crippen molar-refractivity contribution >= 4 is 31.4 Å². The number of aromatic hydroxyl groups is 1. The lowest BCUT2D eigenvalue weighted by atomic mass is 10.1. The predicted octanol–water partition coefficient (Wildman–Crippen LogP) is 1.18. The van der Waals surface area contributed by atoms with Crippen LogP contribution in [0.3, 0.4) is 0 Å². The first-order valence-corrected chi connectivity index (χ1v) is 9.04. The fourth-order valence-corrected chi connectivity index (χ4v) is 3.48. The van der Waals surface area contributed by atoms with Gasteiger partial charge >= 0.3 is 11.7 Å². The van der Waals surface area contributed by atoms with Gasteiger partial charge in [-0.15, -0.1) is 12.4 Å². The third-order valence-electron chi connectivity index (χ3n) is 3.33. The molecule has 11 nitrogen and oxygen atoms in total. The van der Waals surface area contributed by atoms with Gasteiger partial charge in [0.25, 0.3) is 0 Å². The minimum atomic E-state index is -4.35. The van der Waals surface area contributed by atoms with Crippen LogP contribution >= 0.6 is 19.8 Å². The van der Waals surface area contributed by atoms with Crippen LogP contribution in [-0.2, 0) is 9.36 Å². The van der Waals surface area contributed by atoms with E-state index in [1.165, 1.54) is 0 Å². The van der Waals surface area contributed by atoms with Gasteiger partial charge in [-0.1, -0.05) is 0 Å². The highest BCUT2D eigenvalue weighted by Crippen LogP contribution is 2.56. The molecule has 0 saturated carbocycles. The number of nitrogens with two attached hydrogens (primary N) is 1. The average Bonchev–Trinajstić information content (AvgIpc) is 2.53. The van der Waals surface area contributed by atoms with Gasteiger partial charge in [-0.3, -0.25) is 19.5 Å². The highest BCUT2D eigenvalue weighted by molar-refractivity contribution is 7.58. The number of phenols is 1. The molecule has 3 atom stereocenters. The van der Waals surface area contributed by atoms with Crippen LogP contribution in [0.1, 0.15) is 24.8 Å². The quantitative estimate of drug-likeness (QED) is 0.222. The van der Waals surface area contributed by atoms with E-state index < -0.39 is 47.7 Å². The topological polar surface area (TPSA) is 193 Å². The number of nitrogens with zero attached hydrogens (tertiary/aromatic N) is 1. The molecule has 0 aliphatic heterocycles. The minimum absolute atomic E-state index is 0. The number of hydrogen-bond acceptors (Lipinski definition) is 8. The second-order valence-electron chi connectivity index (χ2n) is 5.16. The number of carboxylic acids is 1. The summed E-state index contributed by atoms with van der Waals surface area (Å²) in [6.45, 7) is 1.60. The zero-order chi connectivity index (χ0) is 19.4. The maximum atomic E-state index is 12.3. The second-order valence-corrected chi connectivity index (χ2v) is 7.61. The van der Waals surface area contributed by atoms with Gasteiger partial charge in [0.05, 0.1) is 11.5 Å². The summed E-state index contributed by atoms with van der Waals surface area (Å²) in [6.07, 6.45) is -0.987. The van der Waals surface area contributed by atoms with Crippen molar-refractivity contribution in [2.45, 2.75) is 25.2 Å². The molecule has 0 aromatic heterocycles. The third kappa shape index (κ3) is 5.82. The normalized spacial score (nSPS) is 15.2. The van der Waals surface area contributed by atoms with E-state index in [-0.39, 0.29) is 36.7 Å². The number of carboxylic acid groups (broad SMARTS) is 1. The summed E-state index contributed by atoms with van der Waals surface area (Å²) < 4.78 is 17.3. The molecule has 0 aliphatic rings. The molecule has 0 heterocycles. The van der Waals surface area contributed by atoms with Crippen molar-refractivity contribution in [1.29, 1.82) is 0 Å². The van der Waals surface area contributed by atoms with E-state index in [0.29, 0.717) is 0 Å². The Morgan fingerprint density at radius 2 is 2.04 bits per heavy atom. The first-order valence-electron chi connectivity index (χ1n) is 7.13. The van der Waals surface area contributed by atoms with E-state index in [1.54, 1.807) is 6.92 Å². The molecule has 148 valence electrons. The Balaban J connectivity index is 0.00000625. The highest BCUT2D eigenvalue weighted by Gasteiger charge is 2.34. The molecule has 0 fully saturated rings. The van der Waals surface area contributed by atoms with Gasteiger partial charge in [0, 0.05) is 17.8 Å². The van der Waals surface area contributed by atoms with Gasteiger partial charge in [-0.2, -0.15) is 0 Å². The molecule has 0 radical (unpaired) electrons. The molecule has 0 amide bonds. The van der Waals surface area contributed by atoms with Crippen molar-refractivity contribution in [3.05, 3.63) is 27.8 Å². The first-order chi connectivity index (χ1) is 11.5. The number of halogens is 1. The van der Waals surface area contributed by atoms with Crippen LogP contribution in [0.15, 0.2) is 12.1 Å². The maximum absolute atomic E-state index is 12.3. The lowest BCUT2D eigenvalue weighted by Gasteiger charge is -2.20. The summed E-state index contributed by atoms with van der Waals surface area (Å²) in [5, 5.41) is 39.6. The Kier molecular flexibility index (Phi) is 8.98. The molecular weight excluding hydrogens is 395 g/mol.